The second-order valence-electron chi connectivity index (χ2n) is 8.22. The number of rotatable bonds is 9. The van der Waals surface area contributed by atoms with Gasteiger partial charge in [0.1, 0.15) is 11.2 Å². The van der Waals surface area contributed by atoms with E-state index in [1.165, 1.54) is 0 Å². The minimum Gasteiger partial charge on any atom is -0.497 e. The highest BCUT2D eigenvalue weighted by atomic mass is 16.5. The quantitative estimate of drug-likeness (QED) is 0.675. The molecule has 1 aromatic carbocycles. The molecule has 1 saturated heterocycles. The van der Waals surface area contributed by atoms with Crippen molar-refractivity contribution in [3.8, 4) is 5.75 Å². The van der Waals surface area contributed by atoms with Crippen LogP contribution in [0.15, 0.2) is 24.3 Å². The molecule has 0 radical (unpaired) electrons. The van der Waals surface area contributed by atoms with Crippen LogP contribution in [0.25, 0.3) is 0 Å². The monoisotopic (exact) mass is 391 g/mol. The van der Waals surface area contributed by atoms with E-state index >= 15 is 0 Å². The molecule has 1 aliphatic rings. The highest BCUT2D eigenvalue weighted by molar-refractivity contribution is 5.80. The van der Waals surface area contributed by atoms with E-state index < -0.39 is 17.5 Å². The lowest BCUT2D eigenvalue weighted by molar-refractivity contribution is -0.167. The Morgan fingerprint density at radius 2 is 1.96 bits per heavy atom. The van der Waals surface area contributed by atoms with Gasteiger partial charge in [0.25, 0.3) is 0 Å². The van der Waals surface area contributed by atoms with Crippen LogP contribution in [0, 0.1) is 11.3 Å². The summed E-state index contributed by atoms with van der Waals surface area (Å²) in [6.45, 7) is 4.58. The molecule has 0 aromatic heterocycles. The molecule has 0 unspecified atom stereocenters. The van der Waals surface area contributed by atoms with E-state index in [1.54, 1.807) is 12.0 Å². The SMILES string of the molecule is COc1ccc(CCCC(=O)N2CC[C@@H](O)[C@](CCC(C)C)(C(=O)O)C2)cc1. The predicted octanol–water partition coefficient (Wildman–Crippen LogP) is 3.12. The van der Waals surface area contributed by atoms with Crippen molar-refractivity contribution >= 4 is 11.9 Å². The summed E-state index contributed by atoms with van der Waals surface area (Å²) >= 11 is 0. The Hall–Kier alpha value is -2.08. The van der Waals surface area contributed by atoms with Gasteiger partial charge in [-0.15, -0.1) is 0 Å². The van der Waals surface area contributed by atoms with E-state index in [4.69, 9.17) is 4.74 Å². The van der Waals surface area contributed by atoms with Gasteiger partial charge in [-0.2, -0.15) is 0 Å². The van der Waals surface area contributed by atoms with E-state index in [1.807, 2.05) is 38.1 Å². The molecule has 1 aromatic rings. The minimum absolute atomic E-state index is 0.0319. The molecule has 156 valence electrons. The summed E-state index contributed by atoms with van der Waals surface area (Å²) < 4.78 is 5.14. The molecule has 28 heavy (non-hydrogen) atoms. The minimum atomic E-state index is -1.26. The third-order valence-electron chi connectivity index (χ3n) is 5.74. The standard InChI is InChI=1S/C22H33NO5/c1-16(2)11-13-22(21(26)27)15-23(14-12-19(22)24)20(25)6-4-5-17-7-9-18(28-3)10-8-17/h7-10,16,19,24H,4-6,11-15H2,1-3H3,(H,26,27)/t19-,22-/m1/s1. The number of carboxylic acids is 1. The number of nitrogens with zero attached hydrogens (tertiary/aromatic N) is 1. The van der Waals surface area contributed by atoms with E-state index in [0.717, 1.165) is 17.7 Å². The molecule has 0 aliphatic carbocycles. The number of amides is 1. The lowest BCUT2D eigenvalue weighted by Crippen LogP contribution is -2.57. The van der Waals surface area contributed by atoms with Crippen molar-refractivity contribution in [2.24, 2.45) is 11.3 Å². The molecule has 1 heterocycles. The molecule has 0 spiro atoms. The van der Waals surface area contributed by atoms with Crippen LogP contribution in [-0.2, 0) is 16.0 Å². The van der Waals surface area contributed by atoms with E-state index in [0.29, 0.717) is 44.6 Å². The summed E-state index contributed by atoms with van der Waals surface area (Å²) in [5, 5.41) is 20.3. The van der Waals surface area contributed by atoms with Crippen molar-refractivity contribution < 1.29 is 24.5 Å². The van der Waals surface area contributed by atoms with Gasteiger partial charge >= 0.3 is 5.97 Å². The first kappa shape index (κ1) is 22.2. The van der Waals surface area contributed by atoms with Crippen LogP contribution >= 0.6 is 0 Å². The summed E-state index contributed by atoms with van der Waals surface area (Å²) in [7, 11) is 1.63. The second kappa shape index (κ2) is 9.92. The Balaban J connectivity index is 1.93. The van der Waals surface area contributed by atoms with Crippen molar-refractivity contribution in [2.75, 3.05) is 20.2 Å². The van der Waals surface area contributed by atoms with Gasteiger partial charge in [0.05, 0.1) is 13.2 Å². The van der Waals surface area contributed by atoms with Gasteiger partial charge in [0.2, 0.25) is 5.91 Å². The number of aliphatic hydroxyl groups excluding tert-OH is 1. The zero-order valence-corrected chi connectivity index (χ0v) is 17.2. The number of methoxy groups -OCH3 is 1. The van der Waals surface area contributed by atoms with Crippen LogP contribution < -0.4 is 4.74 Å². The summed E-state index contributed by atoms with van der Waals surface area (Å²) in [5.41, 5.74) is -0.117. The number of aliphatic carboxylic acids is 1. The second-order valence-corrected chi connectivity index (χ2v) is 8.22. The first-order chi connectivity index (χ1) is 13.3. The number of benzene rings is 1. The molecule has 1 aliphatic heterocycles. The fraction of sp³-hybridized carbons (Fsp3) is 0.636. The Morgan fingerprint density at radius 3 is 2.54 bits per heavy atom. The van der Waals surface area contributed by atoms with Crippen LogP contribution in [0.5, 0.6) is 5.75 Å². The lowest BCUT2D eigenvalue weighted by atomic mass is 9.72. The Morgan fingerprint density at radius 1 is 1.29 bits per heavy atom. The number of carbonyl (C=O) groups is 2. The van der Waals surface area contributed by atoms with Gasteiger partial charge in [0, 0.05) is 19.5 Å². The smallest absolute Gasteiger partial charge is 0.314 e. The predicted molar refractivity (Wildman–Crippen MR) is 107 cm³/mol. The fourth-order valence-corrected chi connectivity index (χ4v) is 3.80. The summed E-state index contributed by atoms with van der Waals surface area (Å²) in [6.07, 6.45) is 2.36. The number of hydrogen-bond acceptors (Lipinski definition) is 4. The number of ether oxygens (including phenoxy) is 1. The van der Waals surface area contributed by atoms with Gasteiger partial charge < -0.3 is 19.8 Å². The maximum Gasteiger partial charge on any atom is 0.314 e. The molecule has 1 amide bonds. The van der Waals surface area contributed by atoms with Crippen molar-refractivity contribution in [1.82, 2.24) is 4.90 Å². The van der Waals surface area contributed by atoms with Crippen LogP contribution in [0.1, 0.15) is 51.5 Å². The molecule has 2 N–H and O–H groups in total. The largest absolute Gasteiger partial charge is 0.497 e. The maximum atomic E-state index is 12.7. The first-order valence-corrected chi connectivity index (χ1v) is 10.1. The summed E-state index contributed by atoms with van der Waals surface area (Å²) in [5.74, 6) is 0.115. The molecule has 1 fully saturated rings. The lowest BCUT2D eigenvalue weighted by Gasteiger charge is -2.43. The Kier molecular flexibility index (Phi) is 7.87. The topological polar surface area (TPSA) is 87.1 Å². The van der Waals surface area contributed by atoms with Crippen LogP contribution in [-0.4, -0.2) is 53.3 Å². The van der Waals surface area contributed by atoms with Crippen molar-refractivity contribution in [2.45, 2.75) is 58.5 Å². The number of carbonyl (C=O) groups excluding carboxylic acids is 1. The Labute approximate surface area is 167 Å². The van der Waals surface area contributed by atoms with Crippen molar-refractivity contribution in [3.63, 3.8) is 0 Å². The molecular weight excluding hydrogens is 358 g/mol. The molecule has 6 heteroatoms. The van der Waals surface area contributed by atoms with Gasteiger partial charge in [-0.1, -0.05) is 26.0 Å². The van der Waals surface area contributed by atoms with Gasteiger partial charge in [0.15, 0.2) is 0 Å². The van der Waals surface area contributed by atoms with Crippen molar-refractivity contribution in [3.05, 3.63) is 29.8 Å². The maximum absolute atomic E-state index is 12.7. The third kappa shape index (κ3) is 5.47. The number of hydrogen-bond donors (Lipinski definition) is 2. The molecular formula is C22H33NO5. The third-order valence-corrected chi connectivity index (χ3v) is 5.74. The molecule has 0 bridgehead atoms. The van der Waals surface area contributed by atoms with Crippen LogP contribution in [0.2, 0.25) is 0 Å². The van der Waals surface area contributed by atoms with Crippen LogP contribution in [0.3, 0.4) is 0 Å². The number of aryl methyl sites for hydroxylation is 1. The average molecular weight is 392 g/mol. The number of carboxylic acid groups (broad SMARTS) is 1. The molecule has 2 rings (SSSR count). The number of piperidine rings is 1. The highest BCUT2D eigenvalue weighted by Gasteiger charge is 2.49. The van der Waals surface area contributed by atoms with E-state index in [2.05, 4.69) is 0 Å². The Bertz CT molecular complexity index is 657. The molecule has 2 atom stereocenters. The summed E-state index contributed by atoms with van der Waals surface area (Å²) in [6, 6.07) is 7.78. The zero-order valence-electron chi connectivity index (χ0n) is 17.2. The number of likely N-dealkylation sites (tertiary alicyclic amines) is 1. The zero-order chi connectivity index (χ0) is 20.7. The molecule has 6 nitrogen and oxygen atoms in total. The van der Waals surface area contributed by atoms with Gasteiger partial charge in [-0.3, -0.25) is 9.59 Å². The van der Waals surface area contributed by atoms with Gasteiger partial charge in [-0.25, -0.2) is 0 Å². The normalized spacial score (nSPS) is 22.3. The number of aliphatic hydroxyl groups is 1. The fourth-order valence-electron chi connectivity index (χ4n) is 3.80. The first-order valence-electron chi connectivity index (χ1n) is 10.1. The summed E-state index contributed by atoms with van der Waals surface area (Å²) in [4.78, 5) is 26.3. The van der Waals surface area contributed by atoms with E-state index in [9.17, 15) is 19.8 Å². The van der Waals surface area contributed by atoms with E-state index in [-0.39, 0.29) is 12.5 Å². The van der Waals surface area contributed by atoms with Gasteiger partial charge in [-0.05, 0) is 55.7 Å². The van der Waals surface area contributed by atoms with Crippen molar-refractivity contribution in [1.29, 1.82) is 0 Å². The average Bonchev–Trinajstić information content (AvgIpc) is 2.67. The van der Waals surface area contributed by atoms with Crippen LogP contribution in [0.4, 0.5) is 0 Å². The molecule has 0 saturated carbocycles. The highest BCUT2D eigenvalue weighted by Crippen LogP contribution is 2.37.